The number of benzene rings is 2. The second-order valence-electron chi connectivity index (χ2n) is 7.65. The smallest absolute Gasteiger partial charge is 0.189 e. The highest BCUT2D eigenvalue weighted by atomic mass is 35.5. The summed E-state index contributed by atoms with van der Waals surface area (Å²) in [6.45, 7) is 5.13. The molecule has 3 heterocycles. The Hall–Kier alpha value is -2.72. The Labute approximate surface area is 200 Å². The van der Waals surface area contributed by atoms with Crippen molar-refractivity contribution < 1.29 is 14.2 Å². The first kappa shape index (κ1) is 22.1. The van der Waals surface area contributed by atoms with Crippen LogP contribution < -0.4 is 14.8 Å². The first-order valence-electron chi connectivity index (χ1n) is 10.8. The van der Waals surface area contributed by atoms with Crippen molar-refractivity contribution in [1.29, 1.82) is 0 Å². The zero-order chi connectivity index (χ0) is 22.6. The third kappa shape index (κ3) is 5.11. The molecular formula is C23H24ClN5O3S. The van der Waals surface area contributed by atoms with E-state index in [0.717, 1.165) is 65.5 Å². The zero-order valence-electron chi connectivity index (χ0n) is 18.2. The van der Waals surface area contributed by atoms with Crippen molar-refractivity contribution in [2.45, 2.75) is 6.42 Å². The van der Waals surface area contributed by atoms with Crippen molar-refractivity contribution in [1.82, 2.24) is 19.9 Å². The molecule has 1 aliphatic rings. The average Bonchev–Trinajstić information content (AvgIpc) is 3.23. The number of nitrogens with one attached hydrogen (secondary N) is 1. The van der Waals surface area contributed by atoms with Gasteiger partial charge in [-0.15, -0.1) is 0 Å². The largest absolute Gasteiger partial charge is 0.493 e. The van der Waals surface area contributed by atoms with E-state index in [0.29, 0.717) is 28.9 Å². The van der Waals surface area contributed by atoms with Crippen LogP contribution in [0.15, 0.2) is 36.7 Å². The van der Waals surface area contributed by atoms with Gasteiger partial charge in [-0.2, -0.15) is 0 Å². The number of ether oxygens (including phenoxy) is 3. The summed E-state index contributed by atoms with van der Waals surface area (Å²) in [4.78, 5) is 15.9. The fourth-order valence-corrected chi connectivity index (χ4v) is 4.93. The monoisotopic (exact) mass is 485 g/mol. The van der Waals surface area contributed by atoms with Gasteiger partial charge in [0.2, 0.25) is 0 Å². The fraction of sp³-hybridized carbons (Fsp3) is 0.348. The van der Waals surface area contributed by atoms with E-state index >= 15 is 0 Å². The molecule has 1 fully saturated rings. The maximum Gasteiger partial charge on any atom is 0.189 e. The molecule has 2 aromatic carbocycles. The lowest BCUT2D eigenvalue weighted by Gasteiger charge is -2.26. The van der Waals surface area contributed by atoms with Gasteiger partial charge in [-0.25, -0.2) is 15.0 Å². The van der Waals surface area contributed by atoms with Crippen LogP contribution in [0, 0.1) is 0 Å². The van der Waals surface area contributed by atoms with Crippen LogP contribution in [0.3, 0.4) is 0 Å². The molecule has 8 nitrogen and oxygen atoms in total. The van der Waals surface area contributed by atoms with E-state index in [2.05, 4.69) is 25.2 Å². The number of methoxy groups -OCH3 is 1. The second-order valence-corrected chi connectivity index (χ2v) is 9.12. The molecule has 10 heteroatoms. The van der Waals surface area contributed by atoms with Crippen LogP contribution in [0.25, 0.3) is 21.1 Å². The highest BCUT2D eigenvalue weighted by molar-refractivity contribution is 7.22. The van der Waals surface area contributed by atoms with E-state index in [-0.39, 0.29) is 0 Å². The molecule has 0 spiro atoms. The molecule has 0 saturated carbocycles. The molecule has 4 aromatic rings. The van der Waals surface area contributed by atoms with Gasteiger partial charge in [0.1, 0.15) is 12.1 Å². The number of morpholine rings is 1. The number of anilines is 2. The lowest BCUT2D eigenvalue weighted by Crippen LogP contribution is -2.37. The second kappa shape index (κ2) is 10.0. The van der Waals surface area contributed by atoms with E-state index in [1.807, 2.05) is 30.3 Å². The molecule has 1 N–H and O–H groups in total. The number of nitrogens with zero attached hydrogens (tertiary/aromatic N) is 4. The van der Waals surface area contributed by atoms with Crippen LogP contribution in [-0.2, 0) is 4.74 Å². The molecule has 1 aliphatic heterocycles. The summed E-state index contributed by atoms with van der Waals surface area (Å²) in [6, 6.07) is 9.45. The van der Waals surface area contributed by atoms with Crippen molar-refractivity contribution >= 4 is 55.0 Å². The number of fused-ring (bicyclic) bond motifs is 2. The molecule has 0 atom stereocenters. The van der Waals surface area contributed by atoms with Crippen LogP contribution >= 0.6 is 22.9 Å². The van der Waals surface area contributed by atoms with Crippen molar-refractivity contribution in [3.05, 3.63) is 41.7 Å². The van der Waals surface area contributed by atoms with Crippen LogP contribution in [-0.4, -0.2) is 66.4 Å². The highest BCUT2D eigenvalue weighted by Crippen LogP contribution is 2.36. The summed E-state index contributed by atoms with van der Waals surface area (Å²) in [6.07, 6.45) is 2.45. The number of hydrogen-bond donors (Lipinski definition) is 1. The molecule has 33 heavy (non-hydrogen) atoms. The quantitative estimate of drug-likeness (QED) is 0.358. The lowest BCUT2D eigenvalue weighted by atomic mass is 10.2. The van der Waals surface area contributed by atoms with Gasteiger partial charge < -0.3 is 19.5 Å². The van der Waals surface area contributed by atoms with Gasteiger partial charge in [-0.1, -0.05) is 22.9 Å². The Kier molecular flexibility index (Phi) is 6.73. The van der Waals surface area contributed by atoms with Gasteiger partial charge in [0.05, 0.1) is 42.7 Å². The fourth-order valence-electron chi connectivity index (χ4n) is 3.78. The molecule has 0 aliphatic carbocycles. The van der Waals surface area contributed by atoms with E-state index < -0.39 is 0 Å². The third-order valence-corrected chi connectivity index (χ3v) is 6.65. The van der Waals surface area contributed by atoms with Crippen LogP contribution in [0.1, 0.15) is 6.42 Å². The lowest BCUT2D eigenvalue weighted by molar-refractivity contribution is 0.0357. The molecule has 5 rings (SSSR count). The maximum atomic E-state index is 6.11. The molecule has 1 saturated heterocycles. The van der Waals surface area contributed by atoms with E-state index in [9.17, 15) is 0 Å². The Morgan fingerprint density at radius 1 is 1.12 bits per heavy atom. The van der Waals surface area contributed by atoms with Crippen LogP contribution in [0.4, 0.5) is 10.9 Å². The van der Waals surface area contributed by atoms with Gasteiger partial charge >= 0.3 is 0 Å². The summed E-state index contributed by atoms with van der Waals surface area (Å²) in [7, 11) is 1.63. The minimum absolute atomic E-state index is 0.592. The minimum atomic E-state index is 0.592. The standard InChI is InChI=1S/C23H24ClN5O3S/c1-30-19-13-18-16(12-20(19)32-8-2-5-29-6-9-31-10-7-29)22(26-14-25-18)28-23-27-17-4-3-15(24)11-21(17)33-23/h3-4,11-14H,2,5-10H2,1H3,(H,25,26,27,28). The molecule has 0 radical (unpaired) electrons. The highest BCUT2D eigenvalue weighted by Gasteiger charge is 2.14. The Bertz CT molecular complexity index is 1260. The summed E-state index contributed by atoms with van der Waals surface area (Å²) in [5, 5.41) is 5.58. The van der Waals surface area contributed by atoms with Gasteiger partial charge in [-0.3, -0.25) is 4.90 Å². The number of thiazole rings is 1. The Balaban J connectivity index is 1.35. The molecular weight excluding hydrogens is 462 g/mol. The van der Waals surface area contributed by atoms with E-state index in [1.165, 1.54) is 17.7 Å². The summed E-state index contributed by atoms with van der Waals surface area (Å²) in [5.41, 5.74) is 1.64. The van der Waals surface area contributed by atoms with Gasteiger partial charge in [0, 0.05) is 36.1 Å². The molecule has 0 bridgehead atoms. The average molecular weight is 486 g/mol. The number of aromatic nitrogens is 3. The third-order valence-electron chi connectivity index (χ3n) is 5.48. The number of hydrogen-bond acceptors (Lipinski definition) is 9. The Morgan fingerprint density at radius 3 is 2.85 bits per heavy atom. The van der Waals surface area contributed by atoms with Crippen molar-refractivity contribution in [3.8, 4) is 11.5 Å². The number of rotatable bonds is 8. The van der Waals surface area contributed by atoms with Crippen LogP contribution in [0.5, 0.6) is 11.5 Å². The normalized spacial score (nSPS) is 14.6. The first-order chi connectivity index (χ1) is 16.2. The summed E-state index contributed by atoms with van der Waals surface area (Å²) in [5.74, 6) is 1.97. The molecule has 0 amide bonds. The Morgan fingerprint density at radius 2 is 2.00 bits per heavy atom. The summed E-state index contributed by atoms with van der Waals surface area (Å²) < 4.78 is 18.1. The van der Waals surface area contributed by atoms with Crippen LogP contribution in [0.2, 0.25) is 5.02 Å². The SMILES string of the molecule is COc1cc2ncnc(Nc3nc4ccc(Cl)cc4s3)c2cc1OCCCN1CCOCC1. The van der Waals surface area contributed by atoms with Crippen molar-refractivity contribution in [2.24, 2.45) is 0 Å². The van der Waals surface area contributed by atoms with Crippen molar-refractivity contribution in [2.75, 3.05) is 51.9 Å². The minimum Gasteiger partial charge on any atom is -0.493 e. The predicted octanol–water partition coefficient (Wildman–Crippen LogP) is 4.75. The summed E-state index contributed by atoms with van der Waals surface area (Å²) >= 11 is 7.63. The molecule has 2 aromatic heterocycles. The first-order valence-corrected chi connectivity index (χ1v) is 12.0. The van der Waals surface area contributed by atoms with Gasteiger partial charge in [-0.05, 0) is 30.7 Å². The van der Waals surface area contributed by atoms with Crippen molar-refractivity contribution in [3.63, 3.8) is 0 Å². The van der Waals surface area contributed by atoms with Gasteiger partial charge in [0.15, 0.2) is 16.6 Å². The van der Waals surface area contributed by atoms with E-state index in [1.54, 1.807) is 7.11 Å². The van der Waals surface area contributed by atoms with E-state index in [4.69, 9.17) is 25.8 Å². The topological polar surface area (TPSA) is 81.6 Å². The van der Waals surface area contributed by atoms with Gasteiger partial charge in [0.25, 0.3) is 0 Å². The molecule has 172 valence electrons. The zero-order valence-corrected chi connectivity index (χ0v) is 19.8. The maximum absolute atomic E-state index is 6.11. The number of halogens is 1. The predicted molar refractivity (Wildman–Crippen MR) is 131 cm³/mol. The molecule has 0 unspecified atom stereocenters.